The normalized spacial score (nSPS) is 23.3. The van der Waals surface area contributed by atoms with Crippen LogP contribution in [0.15, 0.2) is 0 Å². The zero-order chi connectivity index (χ0) is 15.5. The van der Waals surface area contributed by atoms with Crippen molar-refractivity contribution in [3.05, 3.63) is 0 Å². The quantitative estimate of drug-likeness (QED) is 0.828. The summed E-state index contributed by atoms with van der Waals surface area (Å²) in [5, 5.41) is 11.3. The van der Waals surface area contributed by atoms with E-state index in [0.29, 0.717) is 12.5 Å². The molecule has 2 N–H and O–H groups in total. The molecule has 1 rings (SSSR count). The fraction of sp³-hybridized carbons (Fsp3) is 0.786. The molecule has 0 aromatic rings. The molecule has 20 heavy (non-hydrogen) atoms. The van der Waals surface area contributed by atoms with E-state index in [2.05, 4.69) is 12.2 Å². The van der Waals surface area contributed by atoms with E-state index in [4.69, 9.17) is 5.11 Å². The predicted molar refractivity (Wildman–Crippen MR) is 74.1 cm³/mol. The van der Waals surface area contributed by atoms with Crippen molar-refractivity contribution in [2.24, 2.45) is 11.3 Å². The number of piperidine rings is 1. The summed E-state index contributed by atoms with van der Waals surface area (Å²) >= 11 is 0. The van der Waals surface area contributed by atoms with Crippen molar-refractivity contribution in [3.63, 3.8) is 0 Å². The van der Waals surface area contributed by atoms with Crippen LogP contribution in [0.5, 0.6) is 0 Å². The molecule has 0 radical (unpaired) electrons. The fourth-order valence-corrected chi connectivity index (χ4v) is 2.28. The third kappa shape index (κ3) is 4.21. The first-order valence-electron chi connectivity index (χ1n) is 6.97. The van der Waals surface area contributed by atoms with Gasteiger partial charge in [-0.15, -0.1) is 0 Å². The molecule has 0 spiro atoms. The number of likely N-dealkylation sites (tertiary alicyclic amines) is 1. The second-order valence-electron chi connectivity index (χ2n) is 6.40. The molecule has 0 saturated carbocycles. The molecule has 0 aromatic heterocycles. The van der Waals surface area contributed by atoms with Gasteiger partial charge in [0, 0.05) is 19.0 Å². The first-order chi connectivity index (χ1) is 9.13. The lowest BCUT2D eigenvalue weighted by Gasteiger charge is -2.36. The number of hydrogen-bond donors (Lipinski definition) is 2. The molecule has 2 unspecified atom stereocenters. The van der Waals surface area contributed by atoms with Gasteiger partial charge in [0.15, 0.2) is 0 Å². The molecular formula is C14H24N2O4. The van der Waals surface area contributed by atoms with Gasteiger partial charge in [-0.1, -0.05) is 6.92 Å². The van der Waals surface area contributed by atoms with Crippen LogP contribution in [0.3, 0.4) is 0 Å². The number of carboxylic acid groups (broad SMARTS) is 1. The first-order valence-corrected chi connectivity index (χ1v) is 6.97. The minimum atomic E-state index is -1.18. The largest absolute Gasteiger partial charge is 0.481 e. The van der Waals surface area contributed by atoms with Crippen molar-refractivity contribution < 1.29 is 19.5 Å². The van der Waals surface area contributed by atoms with Gasteiger partial charge in [-0.05, 0) is 39.5 Å². The average molecular weight is 284 g/mol. The Bertz CT molecular complexity index is 406. The van der Waals surface area contributed by atoms with Gasteiger partial charge in [0.1, 0.15) is 0 Å². The molecule has 1 aliphatic rings. The summed E-state index contributed by atoms with van der Waals surface area (Å²) in [4.78, 5) is 36.5. The van der Waals surface area contributed by atoms with Gasteiger partial charge < -0.3 is 10.0 Å². The molecule has 1 saturated heterocycles. The molecule has 0 aromatic carbocycles. The van der Waals surface area contributed by atoms with Gasteiger partial charge in [0.2, 0.25) is 5.91 Å². The van der Waals surface area contributed by atoms with Crippen molar-refractivity contribution in [1.82, 2.24) is 10.2 Å². The topological polar surface area (TPSA) is 86.7 Å². The Morgan fingerprint density at radius 1 is 1.25 bits per heavy atom. The third-order valence-electron chi connectivity index (χ3n) is 3.81. The van der Waals surface area contributed by atoms with Crippen molar-refractivity contribution in [2.45, 2.75) is 53.0 Å². The molecular weight excluding hydrogens is 260 g/mol. The maximum Gasteiger partial charge on any atom is 0.324 e. The SMILES string of the molecule is CC1CCC(C)N(C(=O)NC(=O)CC(C)(C)C(=O)O)C1. The van der Waals surface area contributed by atoms with E-state index in [0.717, 1.165) is 12.8 Å². The van der Waals surface area contributed by atoms with Crippen molar-refractivity contribution in [3.8, 4) is 0 Å². The smallest absolute Gasteiger partial charge is 0.324 e. The number of nitrogens with one attached hydrogen (secondary N) is 1. The Morgan fingerprint density at radius 2 is 1.85 bits per heavy atom. The van der Waals surface area contributed by atoms with Crippen LogP contribution in [0.25, 0.3) is 0 Å². The average Bonchev–Trinajstić information content (AvgIpc) is 2.31. The van der Waals surface area contributed by atoms with Gasteiger partial charge in [0.05, 0.1) is 5.41 Å². The lowest BCUT2D eigenvalue weighted by atomic mass is 9.89. The van der Waals surface area contributed by atoms with Crippen LogP contribution in [-0.2, 0) is 9.59 Å². The standard InChI is InChI=1S/C14H24N2O4/c1-9-5-6-10(2)16(8-9)13(20)15-11(17)7-14(3,4)12(18)19/h9-10H,5-8H2,1-4H3,(H,18,19)(H,15,17,20). The maximum absolute atomic E-state index is 12.1. The molecule has 1 aliphatic heterocycles. The summed E-state index contributed by atoms with van der Waals surface area (Å²) in [6.07, 6.45) is 1.78. The number of aliphatic carboxylic acids is 1. The lowest BCUT2D eigenvalue weighted by Crippen LogP contribution is -2.51. The van der Waals surface area contributed by atoms with E-state index in [-0.39, 0.29) is 12.5 Å². The van der Waals surface area contributed by atoms with Crippen LogP contribution >= 0.6 is 0 Å². The number of carboxylic acids is 1. The van der Waals surface area contributed by atoms with Crippen molar-refractivity contribution in [2.75, 3.05) is 6.54 Å². The van der Waals surface area contributed by atoms with Gasteiger partial charge in [-0.25, -0.2) is 4.79 Å². The Morgan fingerprint density at radius 3 is 2.40 bits per heavy atom. The third-order valence-corrected chi connectivity index (χ3v) is 3.81. The van der Waals surface area contributed by atoms with E-state index >= 15 is 0 Å². The predicted octanol–water partition coefficient (Wildman–Crippen LogP) is 1.84. The van der Waals surface area contributed by atoms with Crippen LogP contribution in [0.4, 0.5) is 4.79 Å². The molecule has 0 bridgehead atoms. The molecule has 0 aliphatic carbocycles. The van der Waals surface area contributed by atoms with Crippen LogP contribution in [-0.4, -0.2) is 40.5 Å². The summed E-state index contributed by atoms with van der Waals surface area (Å²) in [5.41, 5.74) is -1.18. The molecule has 2 atom stereocenters. The van der Waals surface area contributed by atoms with Crippen LogP contribution < -0.4 is 5.32 Å². The summed E-state index contributed by atoms with van der Waals surface area (Å²) in [6.45, 7) is 7.58. The maximum atomic E-state index is 12.1. The number of urea groups is 1. The van der Waals surface area contributed by atoms with Crippen LogP contribution in [0, 0.1) is 11.3 Å². The zero-order valence-electron chi connectivity index (χ0n) is 12.6. The first kappa shape index (κ1) is 16.5. The van der Waals surface area contributed by atoms with Crippen LogP contribution in [0.2, 0.25) is 0 Å². The minimum absolute atomic E-state index is 0.103. The number of amides is 3. The molecule has 1 fully saturated rings. The zero-order valence-corrected chi connectivity index (χ0v) is 12.6. The molecule has 6 heteroatoms. The monoisotopic (exact) mass is 284 g/mol. The van der Waals surface area contributed by atoms with Crippen LogP contribution in [0.1, 0.15) is 47.0 Å². The molecule has 114 valence electrons. The number of carbonyl (C=O) groups is 3. The van der Waals surface area contributed by atoms with Crippen molar-refractivity contribution in [1.29, 1.82) is 0 Å². The van der Waals surface area contributed by atoms with E-state index in [1.807, 2.05) is 6.92 Å². The Balaban J connectivity index is 2.57. The summed E-state index contributed by atoms with van der Waals surface area (Å²) in [6, 6.07) is -0.318. The second-order valence-corrected chi connectivity index (χ2v) is 6.40. The van der Waals surface area contributed by atoms with Gasteiger partial charge in [-0.2, -0.15) is 0 Å². The number of nitrogens with zero attached hydrogens (tertiary/aromatic N) is 1. The number of hydrogen-bond acceptors (Lipinski definition) is 3. The molecule has 3 amide bonds. The molecule has 6 nitrogen and oxygen atoms in total. The van der Waals surface area contributed by atoms with Gasteiger partial charge in [-0.3, -0.25) is 14.9 Å². The Hall–Kier alpha value is -1.59. The second kappa shape index (κ2) is 6.24. The van der Waals surface area contributed by atoms with E-state index in [1.165, 1.54) is 13.8 Å². The Kier molecular flexibility index (Phi) is 5.14. The highest BCUT2D eigenvalue weighted by atomic mass is 16.4. The van der Waals surface area contributed by atoms with Gasteiger partial charge in [0.25, 0.3) is 0 Å². The summed E-state index contributed by atoms with van der Waals surface area (Å²) < 4.78 is 0. The minimum Gasteiger partial charge on any atom is -0.481 e. The number of imide groups is 1. The van der Waals surface area contributed by atoms with Gasteiger partial charge >= 0.3 is 12.0 Å². The highest BCUT2D eigenvalue weighted by Crippen LogP contribution is 2.22. The van der Waals surface area contributed by atoms with E-state index in [1.54, 1.807) is 4.90 Å². The van der Waals surface area contributed by atoms with E-state index < -0.39 is 23.3 Å². The van der Waals surface area contributed by atoms with E-state index in [9.17, 15) is 14.4 Å². The van der Waals surface area contributed by atoms with Crippen molar-refractivity contribution >= 4 is 17.9 Å². The lowest BCUT2D eigenvalue weighted by molar-refractivity contribution is -0.149. The molecule has 1 heterocycles. The number of carbonyl (C=O) groups excluding carboxylic acids is 2. The summed E-state index contributed by atoms with van der Waals surface area (Å²) in [5.74, 6) is -1.18. The summed E-state index contributed by atoms with van der Waals surface area (Å²) in [7, 11) is 0. The highest BCUT2D eigenvalue weighted by Gasteiger charge is 2.32. The Labute approximate surface area is 119 Å². The highest BCUT2D eigenvalue weighted by molar-refractivity contribution is 5.96. The number of rotatable bonds is 3. The fourth-order valence-electron chi connectivity index (χ4n) is 2.28.